The van der Waals surface area contributed by atoms with Crippen molar-refractivity contribution < 1.29 is 9.90 Å². The van der Waals surface area contributed by atoms with Gasteiger partial charge < -0.3 is 10.4 Å². The van der Waals surface area contributed by atoms with Gasteiger partial charge in [0.25, 0.3) is 0 Å². The highest BCUT2D eigenvalue weighted by atomic mass is 35.5. The number of halogens is 1. The van der Waals surface area contributed by atoms with Gasteiger partial charge in [-0.2, -0.15) is 4.63 Å². The van der Waals surface area contributed by atoms with Gasteiger partial charge in [-0.1, -0.05) is 38.4 Å². The number of phenols is 1. The summed E-state index contributed by atoms with van der Waals surface area (Å²) in [6.07, 6.45) is 0. The van der Waals surface area contributed by atoms with Crippen molar-refractivity contribution in [1.82, 2.24) is 25.1 Å². The lowest BCUT2D eigenvalue weighted by Gasteiger charge is -2.16. The molecule has 0 saturated carbocycles. The van der Waals surface area contributed by atoms with Crippen LogP contribution in [-0.2, 0) is 16.8 Å². The van der Waals surface area contributed by atoms with Gasteiger partial charge >= 0.3 is 0 Å². The maximum absolute atomic E-state index is 11.0. The molecule has 0 unspecified atom stereocenters. The molecule has 0 radical (unpaired) electrons. The quantitative estimate of drug-likeness (QED) is 0.668. The molecule has 0 spiro atoms. The maximum Gasteiger partial charge on any atom is 0.217 e. The van der Waals surface area contributed by atoms with Crippen LogP contribution in [0.25, 0.3) is 17.0 Å². The highest BCUT2D eigenvalue weighted by Crippen LogP contribution is 2.33. The Bertz CT molecular complexity index is 952. The van der Waals surface area contributed by atoms with E-state index >= 15 is 0 Å². The van der Waals surface area contributed by atoms with Crippen molar-refractivity contribution in [3.05, 3.63) is 34.5 Å². The molecule has 1 amide bonds. The van der Waals surface area contributed by atoms with Gasteiger partial charge in [0.15, 0.2) is 11.5 Å². The van der Waals surface area contributed by atoms with Crippen LogP contribution in [0.5, 0.6) is 5.75 Å². The van der Waals surface area contributed by atoms with Crippen LogP contribution in [0.3, 0.4) is 0 Å². The van der Waals surface area contributed by atoms with Crippen LogP contribution in [0.15, 0.2) is 18.2 Å². The Morgan fingerprint density at radius 1 is 1.40 bits per heavy atom. The van der Waals surface area contributed by atoms with Crippen LogP contribution < -0.4 is 5.32 Å². The number of aromatic nitrogens is 4. The molecule has 7 nitrogen and oxygen atoms in total. The summed E-state index contributed by atoms with van der Waals surface area (Å²) < 4.78 is 1.52. The third-order valence-corrected chi connectivity index (χ3v) is 4.19. The molecule has 3 N–H and O–H groups in total. The lowest BCUT2D eigenvalue weighted by molar-refractivity contribution is -0.119. The van der Waals surface area contributed by atoms with Gasteiger partial charge in [0.05, 0.1) is 11.3 Å². The fourth-order valence-electron chi connectivity index (χ4n) is 2.51. The summed E-state index contributed by atoms with van der Waals surface area (Å²) >= 11 is 6.42. The SMILES string of the molecule is CC(=O)NCc1ccc(-c2nc3c(Cl)c(C(C)(C)C)[nH]n3n2)c(O)c1. The van der Waals surface area contributed by atoms with E-state index in [2.05, 4.69) is 20.5 Å². The van der Waals surface area contributed by atoms with Gasteiger partial charge in [-0.25, -0.2) is 4.98 Å². The van der Waals surface area contributed by atoms with Crippen molar-refractivity contribution in [2.75, 3.05) is 0 Å². The van der Waals surface area contributed by atoms with Gasteiger partial charge in [-0.05, 0) is 17.7 Å². The third-order valence-electron chi connectivity index (χ3n) is 3.84. The lowest BCUT2D eigenvalue weighted by atomic mass is 9.92. The molecule has 0 aliphatic heterocycles. The number of aromatic amines is 1. The number of rotatable bonds is 3. The van der Waals surface area contributed by atoms with Gasteiger partial charge in [0.2, 0.25) is 5.91 Å². The average molecular weight is 362 g/mol. The van der Waals surface area contributed by atoms with Gasteiger partial charge in [-0.3, -0.25) is 9.89 Å². The van der Waals surface area contributed by atoms with Crippen molar-refractivity contribution >= 4 is 23.2 Å². The standard InChI is InChI=1S/C17H20ClN5O2/c1-9(24)19-8-10-5-6-11(12(25)7-10)15-20-16-13(18)14(17(2,3)4)21-23(16)22-15/h5-7,21,25H,8H2,1-4H3,(H,19,24). The largest absolute Gasteiger partial charge is 0.507 e. The number of phenolic OH excluding ortho intramolecular Hbond substituents is 1. The minimum atomic E-state index is -0.160. The Morgan fingerprint density at radius 3 is 2.68 bits per heavy atom. The number of nitrogens with zero attached hydrogens (tertiary/aromatic N) is 3. The molecule has 3 aromatic rings. The summed E-state index contributed by atoms with van der Waals surface area (Å²) in [4.78, 5) is 15.4. The normalized spacial score (nSPS) is 11.9. The smallest absolute Gasteiger partial charge is 0.217 e. The minimum absolute atomic E-state index is 0.0447. The van der Waals surface area contributed by atoms with E-state index in [0.29, 0.717) is 28.6 Å². The van der Waals surface area contributed by atoms with E-state index in [1.54, 1.807) is 12.1 Å². The Morgan fingerprint density at radius 2 is 2.12 bits per heavy atom. The Labute approximate surface area is 150 Å². The summed E-state index contributed by atoms with van der Waals surface area (Å²) in [6.45, 7) is 7.93. The van der Waals surface area contributed by atoms with Crippen molar-refractivity contribution in [2.24, 2.45) is 0 Å². The first-order valence-corrected chi connectivity index (χ1v) is 8.26. The monoisotopic (exact) mass is 361 g/mol. The molecule has 2 heterocycles. The zero-order chi connectivity index (χ0) is 18.4. The van der Waals surface area contributed by atoms with E-state index in [4.69, 9.17) is 11.6 Å². The molecule has 0 saturated heterocycles. The van der Waals surface area contributed by atoms with Crippen molar-refractivity contribution in [2.45, 2.75) is 39.7 Å². The molecule has 0 fully saturated rings. The summed E-state index contributed by atoms with van der Waals surface area (Å²) in [5, 5.41) is 21.0. The van der Waals surface area contributed by atoms with E-state index in [1.165, 1.54) is 11.6 Å². The number of hydrogen-bond acceptors (Lipinski definition) is 4. The molecule has 132 valence electrons. The number of amides is 1. The molecule has 8 heteroatoms. The van der Waals surface area contributed by atoms with Crippen LogP contribution in [-0.4, -0.2) is 30.8 Å². The molecule has 25 heavy (non-hydrogen) atoms. The van der Waals surface area contributed by atoms with Gasteiger partial charge in [0.1, 0.15) is 10.8 Å². The Hall–Kier alpha value is -2.54. The zero-order valence-electron chi connectivity index (χ0n) is 14.5. The maximum atomic E-state index is 11.0. The third kappa shape index (κ3) is 3.32. The fraction of sp³-hybridized carbons (Fsp3) is 0.353. The van der Waals surface area contributed by atoms with Crippen LogP contribution in [0, 0.1) is 0 Å². The first kappa shape index (κ1) is 17.3. The second-order valence-corrected chi connectivity index (χ2v) is 7.36. The number of fused-ring (bicyclic) bond motifs is 1. The highest BCUT2D eigenvalue weighted by Gasteiger charge is 2.24. The van der Waals surface area contributed by atoms with Gasteiger partial charge in [-0.15, -0.1) is 5.10 Å². The molecule has 0 atom stereocenters. The molecule has 0 aliphatic rings. The Kier molecular flexibility index (Phi) is 4.20. The van der Waals surface area contributed by atoms with Crippen LogP contribution in [0.4, 0.5) is 0 Å². The van der Waals surface area contributed by atoms with Crippen molar-refractivity contribution in [1.29, 1.82) is 0 Å². The average Bonchev–Trinajstić information content (AvgIpc) is 3.04. The first-order valence-electron chi connectivity index (χ1n) is 7.88. The lowest BCUT2D eigenvalue weighted by Crippen LogP contribution is -2.18. The van der Waals surface area contributed by atoms with Crippen LogP contribution >= 0.6 is 11.6 Å². The fourth-order valence-corrected chi connectivity index (χ4v) is 2.96. The van der Waals surface area contributed by atoms with E-state index in [9.17, 15) is 9.90 Å². The predicted molar refractivity (Wildman–Crippen MR) is 95.7 cm³/mol. The number of carbonyl (C=O) groups is 1. The van der Waals surface area contributed by atoms with E-state index in [0.717, 1.165) is 11.3 Å². The van der Waals surface area contributed by atoms with Crippen molar-refractivity contribution in [3.8, 4) is 17.1 Å². The minimum Gasteiger partial charge on any atom is -0.507 e. The number of carbonyl (C=O) groups excluding carboxylic acids is 1. The summed E-state index contributed by atoms with van der Waals surface area (Å²) in [7, 11) is 0. The van der Waals surface area contributed by atoms with Crippen LogP contribution in [0.1, 0.15) is 39.0 Å². The number of nitrogens with one attached hydrogen (secondary N) is 2. The second kappa shape index (κ2) is 6.07. The molecule has 1 aromatic carbocycles. The zero-order valence-corrected chi connectivity index (χ0v) is 15.3. The number of H-pyrrole nitrogens is 1. The molecule has 0 bridgehead atoms. The predicted octanol–water partition coefficient (Wildman–Crippen LogP) is 3.02. The molecule has 0 aliphatic carbocycles. The van der Waals surface area contributed by atoms with E-state index in [-0.39, 0.29) is 17.1 Å². The molecule has 3 rings (SSSR count). The molecule has 2 aromatic heterocycles. The van der Waals surface area contributed by atoms with E-state index in [1.807, 2.05) is 26.8 Å². The number of aromatic hydroxyl groups is 1. The number of benzene rings is 1. The van der Waals surface area contributed by atoms with Crippen molar-refractivity contribution in [3.63, 3.8) is 0 Å². The van der Waals surface area contributed by atoms with Gasteiger partial charge in [0, 0.05) is 18.9 Å². The molecular formula is C17H20ClN5O2. The molecular weight excluding hydrogens is 342 g/mol. The second-order valence-electron chi connectivity index (χ2n) is 6.98. The summed E-state index contributed by atoms with van der Waals surface area (Å²) in [6, 6.07) is 5.12. The highest BCUT2D eigenvalue weighted by molar-refractivity contribution is 6.34. The summed E-state index contributed by atoms with van der Waals surface area (Å²) in [5.74, 6) is 0.290. The first-order chi connectivity index (χ1) is 11.7. The van der Waals surface area contributed by atoms with Crippen LogP contribution in [0.2, 0.25) is 5.02 Å². The number of hydrogen-bond donors (Lipinski definition) is 3. The topological polar surface area (TPSA) is 95.3 Å². The summed E-state index contributed by atoms with van der Waals surface area (Å²) in [5.41, 5.74) is 2.49. The van der Waals surface area contributed by atoms with E-state index < -0.39 is 0 Å². The Balaban J connectivity index is 1.95.